The lowest BCUT2D eigenvalue weighted by Crippen LogP contribution is -2.46. The number of nitrogens with one attached hydrogen (secondary N) is 3. The highest BCUT2D eigenvalue weighted by Crippen LogP contribution is 2.40. The Bertz CT molecular complexity index is 741. The van der Waals surface area contributed by atoms with Crippen LogP contribution in [-0.2, 0) is 5.41 Å². The molecule has 0 unspecified atom stereocenters. The second kappa shape index (κ2) is 11.1. The fraction of sp³-hybridized carbons (Fsp3) is 0.429. The van der Waals surface area contributed by atoms with Crippen molar-refractivity contribution in [2.75, 3.05) is 26.7 Å². The highest BCUT2D eigenvalue weighted by molar-refractivity contribution is 14.0. The summed E-state index contributed by atoms with van der Waals surface area (Å²) in [6.07, 6.45) is 6.41. The molecule has 7 heteroatoms. The number of amides is 1. The SMILES string of the molecule is CN=C(NCCNC(=O)c1ccco1)NCC1(c2ccccc2)CCCC1.I. The summed E-state index contributed by atoms with van der Waals surface area (Å²) in [5, 5.41) is 9.55. The van der Waals surface area contributed by atoms with Crippen LogP contribution in [0.4, 0.5) is 0 Å². The Morgan fingerprint density at radius 3 is 2.39 bits per heavy atom. The number of nitrogens with zero attached hydrogens (tertiary/aromatic N) is 1. The molecule has 0 spiro atoms. The molecule has 1 aliphatic rings. The van der Waals surface area contributed by atoms with Gasteiger partial charge in [0.1, 0.15) is 0 Å². The molecule has 1 amide bonds. The smallest absolute Gasteiger partial charge is 0.287 e. The summed E-state index contributed by atoms with van der Waals surface area (Å²) in [5.74, 6) is 0.867. The van der Waals surface area contributed by atoms with E-state index in [1.165, 1.54) is 37.5 Å². The summed E-state index contributed by atoms with van der Waals surface area (Å²) in [5.41, 5.74) is 1.57. The van der Waals surface area contributed by atoms with Gasteiger partial charge in [-0.3, -0.25) is 9.79 Å². The van der Waals surface area contributed by atoms with Crippen molar-refractivity contribution < 1.29 is 9.21 Å². The van der Waals surface area contributed by atoms with E-state index in [-0.39, 0.29) is 35.3 Å². The molecule has 1 fully saturated rings. The van der Waals surface area contributed by atoms with Crippen molar-refractivity contribution in [3.63, 3.8) is 0 Å². The number of carbonyl (C=O) groups excluding carboxylic acids is 1. The Kier molecular flexibility index (Phi) is 8.82. The van der Waals surface area contributed by atoms with E-state index >= 15 is 0 Å². The predicted molar refractivity (Wildman–Crippen MR) is 122 cm³/mol. The molecular weight excluding hydrogens is 467 g/mol. The van der Waals surface area contributed by atoms with Crippen molar-refractivity contribution in [2.24, 2.45) is 4.99 Å². The third-order valence-electron chi connectivity index (χ3n) is 5.21. The van der Waals surface area contributed by atoms with Gasteiger partial charge in [-0.25, -0.2) is 0 Å². The summed E-state index contributed by atoms with van der Waals surface area (Å²) < 4.78 is 5.07. The second-order valence-electron chi connectivity index (χ2n) is 6.94. The Hall–Kier alpha value is -2.03. The Morgan fingerprint density at radius 2 is 1.75 bits per heavy atom. The van der Waals surface area contributed by atoms with Gasteiger partial charge in [0.15, 0.2) is 11.7 Å². The van der Waals surface area contributed by atoms with E-state index < -0.39 is 0 Å². The minimum Gasteiger partial charge on any atom is -0.459 e. The van der Waals surface area contributed by atoms with Crippen molar-refractivity contribution in [3.05, 3.63) is 60.1 Å². The Labute approximate surface area is 183 Å². The van der Waals surface area contributed by atoms with Gasteiger partial charge in [0, 0.05) is 32.1 Å². The number of furan rings is 1. The van der Waals surface area contributed by atoms with Crippen LogP contribution in [-0.4, -0.2) is 38.5 Å². The fourth-order valence-corrected chi connectivity index (χ4v) is 3.74. The van der Waals surface area contributed by atoms with Gasteiger partial charge in [-0.15, -0.1) is 24.0 Å². The van der Waals surface area contributed by atoms with Crippen LogP contribution in [0.1, 0.15) is 41.8 Å². The number of halogens is 1. The van der Waals surface area contributed by atoms with Crippen LogP contribution in [0.3, 0.4) is 0 Å². The number of rotatable bonds is 7. The molecule has 0 bridgehead atoms. The number of guanidine groups is 1. The molecule has 3 rings (SSSR count). The minimum atomic E-state index is -0.210. The molecule has 0 radical (unpaired) electrons. The first-order valence-corrected chi connectivity index (χ1v) is 9.55. The summed E-state index contributed by atoms with van der Waals surface area (Å²) in [6, 6.07) is 14.1. The fourth-order valence-electron chi connectivity index (χ4n) is 3.74. The van der Waals surface area contributed by atoms with Crippen LogP contribution in [0, 0.1) is 0 Å². The monoisotopic (exact) mass is 496 g/mol. The Morgan fingerprint density at radius 1 is 1.04 bits per heavy atom. The van der Waals surface area contributed by atoms with Crippen molar-refractivity contribution in [1.82, 2.24) is 16.0 Å². The summed E-state index contributed by atoms with van der Waals surface area (Å²) in [4.78, 5) is 16.1. The minimum absolute atomic E-state index is 0. The maximum absolute atomic E-state index is 11.8. The second-order valence-corrected chi connectivity index (χ2v) is 6.94. The molecule has 0 atom stereocenters. The molecule has 1 aromatic carbocycles. The van der Waals surface area contributed by atoms with Crippen LogP contribution < -0.4 is 16.0 Å². The van der Waals surface area contributed by atoms with E-state index in [0.29, 0.717) is 18.8 Å². The first-order valence-electron chi connectivity index (χ1n) is 9.55. The van der Waals surface area contributed by atoms with Gasteiger partial charge in [-0.1, -0.05) is 43.2 Å². The van der Waals surface area contributed by atoms with E-state index in [1.54, 1.807) is 19.2 Å². The number of carbonyl (C=O) groups is 1. The number of aliphatic imine (C=N–C) groups is 1. The molecule has 1 heterocycles. The van der Waals surface area contributed by atoms with Crippen molar-refractivity contribution in [2.45, 2.75) is 31.1 Å². The molecule has 1 aromatic heterocycles. The van der Waals surface area contributed by atoms with Crippen molar-refractivity contribution >= 4 is 35.8 Å². The Balaban J connectivity index is 0.00000280. The van der Waals surface area contributed by atoms with E-state index in [0.717, 1.165) is 12.5 Å². The van der Waals surface area contributed by atoms with Gasteiger partial charge < -0.3 is 20.4 Å². The molecule has 6 nitrogen and oxygen atoms in total. The molecule has 152 valence electrons. The quantitative estimate of drug-likeness (QED) is 0.238. The molecule has 2 aromatic rings. The predicted octanol–water partition coefficient (Wildman–Crippen LogP) is 3.30. The van der Waals surface area contributed by atoms with Crippen LogP contribution in [0.2, 0.25) is 0 Å². The molecule has 3 N–H and O–H groups in total. The zero-order valence-corrected chi connectivity index (χ0v) is 18.6. The van der Waals surface area contributed by atoms with Gasteiger partial charge in [-0.05, 0) is 30.5 Å². The van der Waals surface area contributed by atoms with E-state index in [1.807, 2.05) is 0 Å². The van der Waals surface area contributed by atoms with Crippen molar-refractivity contribution in [1.29, 1.82) is 0 Å². The van der Waals surface area contributed by atoms with Crippen LogP contribution in [0.25, 0.3) is 0 Å². The van der Waals surface area contributed by atoms with Crippen molar-refractivity contribution in [3.8, 4) is 0 Å². The average Bonchev–Trinajstić information content (AvgIpc) is 3.41. The van der Waals surface area contributed by atoms with E-state index in [2.05, 4.69) is 51.3 Å². The molecule has 28 heavy (non-hydrogen) atoms. The average molecular weight is 496 g/mol. The molecule has 0 saturated heterocycles. The highest BCUT2D eigenvalue weighted by atomic mass is 127. The zero-order valence-electron chi connectivity index (χ0n) is 16.2. The maximum atomic E-state index is 11.8. The molecule has 1 saturated carbocycles. The summed E-state index contributed by atoms with van der Waals surface area (Å²) in [7, 11) is 1.76. The van der Waals surface area contributed by atoms with Gasteiger partial charge in [0.25, 0.3) is 5.91 Å². The van der Waals surface area contributed by atoms with Gasteiger partial charge >= 0.3 is 0 Å². The maximum Gasteiger partial charge on any atom is 0.287 e. The normalized spacial score (nSPS) is 15.5. The van der Waals surface area contributed by atoms with E-state index in [9.17, 15) is 4.79 Å². The lowest BCUT2D eigenvalue weighted by atomic mass is 9.79. The van der Waals surface area contributed by atoms with E-state index in [4.69, 9.17) is 4.42 Å². The molecule has 1 aliphatic carbocycles. The molecule has 0 aliphatic heterocycles. The first-order chi connectivity index (χ1) is 13.2. The van der Waals surface area contributed by atoms with Gasteiger partial charge in [0.2, 0.25) is 0 Å². The third kappa shape index (κ3) is 5.73. The summed E-state index contributed by atoms with van der Waals surface area (Å²) >= 11 is 0. The van der Waals surface area contributed by atoms with Gasteiger partial charge in [-0.2, -0.15) is 0 Å². The first kappa shape index (κ1) is 22.3. The third-order valence-corrected chi connectivity index (χ3v) is 5.21. The standard InChI is InChI=1S/C21H28N4O2.HI/c1-22-20(24-14-13-23-19(26)18-10-7-15-27-18)25-16-21(11-5-6-12-21)17-8-3-2-4-9-17;/h2-4,7-10,15H,5-6,11-14,16H2,1H3,(H,23,26)(H2,22,24,25);1H. The topological polar surface area (TPSA) is 78.7 Å². The lowest BCUT2D eigenvalue weighted by molar-refractivity contribution is 0.0926. The molecular formula is C21H29IN4O2. The highest BCUT2D eigenvalue weighted by Gasteiger charge is 2.35. The van der Waals surface area contributed by atoms with Crippen LogP contribution in [0.15, 0.2) is 58.1 Å². The summed E-state index contributed by atoms with van der Waals surface area (Å²) in [6.45, 7) is 1.93. The number of benzene rings is 1. The largest absolute Gasteiger partial charge is 0.459 e. The number of hydrogen-bond acceptors (Lipinski definition) is 3. The van der Waals surface area contributed by atoms with Gasteiger partial charge in [0.05, 0.1) is 6.26 Å². The zero-order chi connectivity index (χ0) is 19.0. The van der Waals surface area contributed by atoms with Crippen LogP contribution >= 0.6 is 24.0 Å². The lowest BCUT2D eigenvalue weighted by Gasteiger charge is -2.30. The van der Waals surface area contributed by atoms with Crippen LogP contribution in [0.5, 0.6) is 0 Å². The number of hydrogen-bond donors (Lipinski definition) is 3.